The van der Waals surface area contributed by atoms with Gasteiger partial charge in [0.05, 0.1) is 0 Å². The van der Waals surface area contributed by atoms with E-state index in [0.29, 0.717) is 12.5 Å². The highest BCUT2D eigenvalue weighted by Crippen LogP contribution is 2.20. The molecular formula is C17H27N3O2. The SMILES string of the molecule is COCCCCC(=O)N1CCN(C(C)c2cccnc2)CC1. The lowest BCUT2D eigenvalue weighted by Crippen LogP contribution is -2.49. The van der Waals surface area contributed by atoms with Crippen molar-refractivity contribution in [3.8, 4) is 0 Å². The summed E-state index contributed by atoms with van der Waals surface area (Å²) in [5.74, 6) is 0.282. The molecule has 1 aliphatic heterocycles. The van der Waals surface area contributed by atoms with Gasteiger partial charge in [0.25, 0.3) is 0 Å². The number of ether oxygens (including phenoxy) is 1. The summed E-state index contributed by atoms with van der Waals surface area (Å²) in [6.07, 6.45) is 6.25. The first kappa shape index (κ1) is 16.9. The second-order valence-electron chi connectivity index (χ2n) is 5.83. The van der Waals surface area contributed by atoms with Gasteiger partial charge in [0.2, 0.25) is 5.91 Å². The van der Waals surface area contributed by atoms with Crippen LogP contribution in [0.5, 0.6) is 0 Å². The Balaban J connectivity index is 1.74. The Bertz CT molecular complexity index is 444. The van der Waals surface area contributed by atoms with Crippen LogP contribution in [0.3, 0.4) is 0 Å². The van der Waals surface area contributed by atoms with Crippen molar-refractivity contribution >= 4 is 5.91 Å². The van der Waals surface area contributed by atoms with Gasteiger partial charge in [0, 0.05) is 64.8 Å². The number of methoxy groups -OCH3 is 1. The number of hydrogen-bond donors (Lipinski definition) is 0. The summed E-state index contributed by atoms with van der Waals surface area (Å²) >= 11 is 0. The van der Waals surface area contributed by atoms with Crippen LogP contribution in [0.15, 0.2) is 24.5 Å². The Morgan fingerprint density at radius 2 is 2.09 bits per heavy atom. The molecule has 1 atom stereocenters. The van der Waals surface area contributed by atoms with E-state index in [4.69, 9.17) is 4.74 Å². The number of rotatable bonds is 7. The van der Waals surface area contributed by atoms with Crippen molar-refractivity contribution in [2.24, 2.45) is 0 Å². The van der Waals surface area contributed by atoms with E-state index >= 15 is 0 Å². The summed E-state index contributed by atoms with van der Waals surface area (Å²) in [6.45, 7) is 6.46. The molecular weight excluding hydrogens is 278 g/mol. The van der Waals surface area contributed by atoms with Crippen LogP contribution >= 0.6 is 0 Å². The number of amides is 1. The normalized spacial score (nSPS) is 17.5. The Hall–Kier alpha value is -1.46. The van der Waals surface area contributed by atoms with Gasteiger partial charge in [-0.2, -0.15) is 0 Å². The number of carbonyl (C=O) groups excluding carboxylic acids is 1. The number of nitrogens with zero attached hydrogens (tertiary/aromatic N) is 3. The van der Waals surface area contributed by atoms with Gasteiger partial charge in [-0.15, -0.1) is 0 Å². The van der Waals surface area contributed by atoms with Crippen LogP contribution in [0.2, 0.25) is 0 Å². The van der Waals surface area contributed by atoms with Crippen molar-refractivity contribution in [2.45, 2.75) is 32.2 Å². The van der Waals surface area contributed by atoms with E-state index in [2.05, 4.69) is 22.9 Å². The minimum absolute atomic E-state index is 0.282. The van der Waals surface area contributed by atoms with Crippen molar-refractivity contribution in [2.75, 3.05) is 39.9 Å². The zero-order valence-electron chi connectivity index (χ0n) is 13.7. The van der Waals surface area contributed by atoms with Crippen LogP contribution in [0.1, 0.15) is 37.8 Å². The van der Waals surface area contributed by atoms with E-state index in [0.717, 1.165) is 45.6 Å². The molecule has 22 heavy (non-hydrogen) atoms. The van der Waals surface area contributed by atoms with Crippen LogP contribution in [0.25, 0.3) is 0 Å². The number of unbranched alkanes of at least 4 members (excludes halogenated alkanes) is 1. The number of aromatic nitrogens is 1. The van der Waals surface area contributed by atoms with E-state index < -0.39 is 0 Å². The first-order valence-electron chi connectivity index (χ1n) is 8.13. The second kappa shape index (κ2) is 8.86. The van der Waals surface area contributed by atoms with E-state index in [1.807, 2.05) is 17.2 Å². The lowest BCUT2D eigenvalue weighted by Gasteiger charge is -2.38. The zero-order valence-corrected chi connectivity index (χ0v) is 13.7. The van der Waals surface area contributed by atoms with Gasteiger partial charge in [-0.05, 0) is 31.4 Å². The van der Waals surface area contributed by atoms with E-state index in [-0.39, 0.29) is 5.91 Å². The average molecular weight is 305 g/mol. The van der Waals surface area contributed by atoms with Gasteiger partial charge >= 0.3 is 0 Å². The molecule has 1 saturated heterocycles. The average Bonchev–Trinajstić information content (AvgIpc) is 2.59. The summed E-state index contributed by atoms with van der Waals surface area (Å²) < 4.78 is 5.01. The third kappa shape index (κ3) is 4.78. The van der Waals surface area contributed by atoms with Crippen molar-refractivity contribution < 1.29 is 9.53 Å². The largest absolute Gasteiger partial charge is 0.385 e. The highest BCUT2D eigenvalue weighted by atomic mass is 16.5. The molecule has 122 valence electrons. The third-order valence-electron chi connectivity index (χ3n) is 4.37. The zero-order chi connectivity index (χ0) is 15.8. The molecule has 1 unspecified atom stereocenters. The molecule has 0 aromatic carbocycles. The Morgan fingerprint density at radius 1 is 1.32 bits per heavy atom. The molecule has 1 aliphatic rings. The molecule has 1 amide bonds. The van der Waals surface area contributed by atoms with Crippen LogP contribution in [0.4, 0.5) is 0 Å². The third-order valence-corrected chi connectivity index (χ3v) is 4.37. The standard InChI is InChI=1S/C17H27N3O2/c1-15(16-6-5-8-18-14-16)19-9-11-20(12-10-19)17(21)7-3-4-13-22-2/h5-6,8,14-15H,3-4,7,9-13H2,1-2H3. The summed E-state index contributed by atoms with van der Waals surface area (Å²) in [5, 5.41) is 0. The predicted octanol–water partition coefficient (Wildman–Crippen LogP) is 2.10. The lowest BCUT2D eigenvalue weighted by atomic mass is 10.1. The van der Waals surface area contributed by atoms with Gasteiger partial charge < -0.3 is 9.64 Å². The Morgan fingerprint density at radius 3 is 2.73 bits per heavy atom. The molecule has 0 bridgehead atoms. The molecule has 0 N–H and O–H groups in total. The van der Waals surface area contributed by atoms with Gasteiger partial charge in [-0.3, -0.25) is 14.7 Å². The molecule has 1 aromatic heterocycles. The van der Waals surface area contributed by atoms with Gasteiger partial charge in [0.15, 0.2) is 0 Å². The van der Waals surface area contributed by atoms with Gasteiger partial charge in [0.1, 0.15) is 0 Å². The van der Waals surface area contributed by atoms with Crippen LogP contribution in [0, 0.1) is 0 Å². The number of hydrogen-bond acceptors (Lipinski definition) is 4. The maximum Gasteiger partial charge on any atom is 0.222 e. The molecule has 0 spiro atoms. The maximum atomic E-state index is 12.2. The molecule has 2 heterocycles. The van der Waals surface area contributed by atoms with Crippen molar-refractivity contribution in [1.82, 2.24) is 14.8 Å². The summed E-state index contributed by atoms with van der Waals surface area (Å²) in [6, 6.07) is 4.45. The molecule has 0 aliphatic carbocycles. The fourth-order valence-electron chi connectivity index (χ4n) is 2.87. The predicted molar refractivity (Wildman–Crippen MR) is 86.5 cm³/mol. The molecule has 0 saturated carbocycles. The smallest absolute Gasteiger partial charge is 0.222 e. The molecule has 5 nitrogen and oxygen atoms in total. The van der Waals surface area contributed by atoms with Crippen molar-refractivity contribution in [3.05, 3.63) is 30.1 Å². The van der Waals surface area contributed by atoms with Crippen molar-refractivity contribution in [3.63, 3.8) is 0 Å². The lowest BCUT2D eigenvalue weighted by molar-refractivity contribution is -0.133. The molecule has 2 rings (SSSR count). The fourth-order valence-corrected chi connectivity index (χ4v) is 2.87. The summed E-state index contributed by atoms with van der Waals surface area (Å²) in [4.78, 5) is 20.8. The van der Waals surface area contributed by atoms with E-state index in [1.54, 1.807) is 13.3 Å². The summed E-state index contributed by atoms with van der Waals surface area (Å²) in [5.41, 5.74) is 1.24. The molecule has 5 heteroatoms. The minimum Gasteiger partial charge on any atom is -0.385 e. The highest BCUT2D eigenvalue weighted by Gasteiger charge is 2.24. The van der Waals surface area contributed by atoms with Gasteiger partial charge in [-0.25, -0.2) is 0 Å². The number of carbonyl (C=O) groups is 1. The second-order valence-corrected chi connectivity index (χ2v) is 5.83. The monoisotopic (exact) mass is 305 g/mol. The van der Waals surface area contributed by atoms with E-state index in [9.17, 15) is 4.79 Å². The van der Waals surface area contributed by atoms with Crippen LogP contribution in [-0.4, -0.2) is 60.6 Å². The highest BCUT2D eigenvalue weighted by molar-refractivity contribution is 5.76. The Kier molecular flexibility index (Phi) is 6.80. The van der Waals surface area contributed by atoms with Crippen molar-refractivity contribution in [1.29, 1.82) is 0 Å². The quantitative estimate of drug-likeness (QED) is 0.724. The minimum atomic E-state index is 0.282. The summed E-state index contributed by atoms with van der Waals surface area (Å²) in [7, 11) is 1.70. The maximum absolute atomic E-state index is 12.2. The van der Waals surface area contributed by atoms with E-state index in [1.165, 1.54) is 5.56 Å². The molecule has 1 fully saturated rings. The number of piperazine rings is 1. The van der Waals surface area contributed by atoms with Crippen LogP contribution < -0.4 is 0 Å². The van der Waals surface area contributed by atoms with Crippen LogP contribution in [-0.2, 0) is 9.53 Å². The first-order valence-corrected chi connectivity index (χ1v) is 8.13. The Labute approximate surface area is 133 Å². The number of pyridine rings is 1. The molecule has 0 radical (unpaired) electrons. The fraction of sp³-hybridized carbons (Fsp3) is 0.647. The molecule has 1 aromatic rings. The first-order chi connectivity index (χ1) is 10.7. The van der Waals surface area contributed by atoms with Gasteiger partial charge in [-0.1, -0.05) is 6.07 Å². The topological polar surface area (TPSA) is 45.7 Å².